The number of rotatable bonds is 35. The van der Waals surface area contributed by atoms with Crippen molar-refractivity contribution >= 4 is 15.8 Å². The zero-order chi connectivity index (χ0) is 34.3. The molecule has 0 aliphatic carbocycles. The first-order valence-electron chi connectivity index (χ1n) is 20.5. The molecule has 0 amide bonds. The maximum atomic E-state index is 13.6. The summed E-state index contributed by atoms with van der Waals surface area (Å²) in [5.74, 6) is -1.03. The number of carboxylic acid groups (broad SMARTS) is 1. The largest absolute Gasteiger partial charge is 0.478 e. The van der Waals surface area contributed by atoms with E-state index in [9.17, 15) is 18.3 Å². The molecule has 47 heavy (non-hydrogen) atoms. The smallest absolute Gasteiger partial charge is 0.335 e. The van der Waals surface area contributed by atoms with Crippen molar-refractivity contribution in [2.24, 2.45) is 0 Å². The predicted octanol–water partition coefficient (Wildman–Crippen LogP) is 14.1. The highest BCUT2D eigenvalue weighted by Gasteiger charge is 2.27. The van der Waals surface area contributed by atoms with E-state index in [0.29, 0.717) is 12.8 Å². The molecule has 0 radical (unpaired) electrons. The Hall–Kier alpha value is -1.36. The standard InChI is InChI=1S/C42H76O4S/c1-3-5-7-9-11-13-15-17-19-21-23-25-27-29-31-33-40(47(45,46)41-37-35-39(36-38-41)42(43)44)34-32-30-28-26-24-22-20-18-16-14-12-10-8-6-4-2/h35-38,40H,3-34H2,1-2H3,(H,43,44). The number of unbranched alkanes of at least 4 members (excludes halogenated alkanes) is 28. The summed E-state index contributed by atoms with van der Waals surface area (Å²) in [7, 11) is -3.48. The summed E-state index contributed by atoms with van der Waals surface area (Å²) in [6.07, 6.45) is 40.6. The monoisotopic (exact) mass is 677 g/mol. The molecule has 5 heteroatoms. The van der Waals surface area contributed by atoms with E-state index < -0.39 is 15.8 Å². The minimum atomic E-state index is -3.48. The van der Waals surface area contributed by atoms with E-state index in [1.807, 2.05) is 0 Å². The Balaban J connectivity index is 2.29. The Labute approximate surface area is 292 Å². The molecule has 274 valence electrons. The fourth-order valence-corrected chi connectivity index (χ4v) is 8.78. The van der Waals surface area contributed by atoms with Crippen molar-refractivity contribution in [2.75, 3.05) is 0 Å². The maximum absolute atomic E-state index is 13.6. The van der Waals surface area contributed by atoms with E-state index in [0.717, 1.165) is 25.7 Å². The fourth-order valence-electron chi connectivity index (χ4n) is 6.92. The Kier molecular flexibility index (Phi) is 28.5. The molecule has 4 nitrogen and oxygen atoms in total. The van der Waals surface area contributed by atoms with Gasteiger partial charge in [-0.25, -0.2) is 13.2 Å². The van der Waals surface area contributed by atoms with Crippen LogP contribution in [0.25, 0.3) is 0 Å². The van der Waals surface area contributed by atoms with Crippen LogP contribution >= 0.6 is 0 Å². The Morgan fingerprint density at radius 3 is 0.979 bits per heavy atom. The molecule has 0 atom stereocenters. The summed E-state index contributed by atoms with van der Waals surface area (Å²) >= 11 is 0. The molecule has 0 aliphatic heterocycles. The molecule has 0 heterocycles. The van der Waals surface area contributed by atoms with E-state index in [1.54, 1.807) is 0 Å². The second-order valence-electron chi connectivity index (χ2n) is 14.5. The van der Waals surface area contributed by atoms with Crippen LogP contribution in [0.3, 0.4) is 0 Å². The third-order valence-electron chi connectivity index (χ3n) is 10.1. The molecule has 0 saturated carbocycles. The van der Waals surface area contributed by atoms with Crippen LogP contribution in [0.4, 0.5) is 0 Å². The van der Waals surface area contributed by atoms with Gasteiger partial charge in [-0.3, -0.25) is 0 Å². The minimum absolute atomic E-state index is 0.130. The van der Waals surface area contributed by atoms with E-state index in [1.165, 1.54) is 191 Å². The molecular weight excluding hydrogens is 601 g/mol. The van der Waals surface area contributed by atoms with Gasteiger partial charge in [0.1, 0.15) is 0 Å². The van der Waals surface area contributed by atoms with Gasteiger partial charge >= 0.3 is 5.97 Å². The first-order valence-corrected chi connectivity index (χ1v) is 22.0. The molecule has 0 aliphatic rings. The van der Waals surface area contributed by atoms with Gasteiger partial charge in [-0.05, 0) is 37.1 Å². The molecule has 1 aromatic rings. The van der Waals surface area contributed by atoms with Gasteiger partial charge in [0.25, 0.3) is 0 Å². The van der Waals surface area contributed by atoms with Gasteiger partial charge in [-0.1, -0.05) is 206 Å². The zero-order valence-corrected chi connectivity index (χ0v) is 31.9. The number of hydrogen-bond acceptors (Lipinski definition) is 3. The van der Waals surface area contributed by atoms with Gasteiger partial charge in [0.2, 0.25) is 0 Å². The Bertz CT molecular complexity index is 906. The molecule has 0 unspecified atom stereocenters. The van der Waals surface area contributed by atoms with Crippen molar-refractivity contribution in [3.8, 4) is 0 Å². The van der Waals surface area contributed by atoms with Gasteiger partial charge in [0, 0.05) is 0 Å². The normalized spacial score (nSPS) is 11.9. The average Bonchev–Trinajstić information content (AvgIpc) is 3.07. The van der Waals surface area contributed by atoms with Crippen molar-refractivity contribution in [1.82, 2.24) is 0 Å². The third kappa shape index (κ3) is 23.6. The zero-order valence-electron chi connectivity index (χ0n) is 31.1. The highest BCUT2D eigenvalue weighted by Crippen LogP contribution is 2.26. The fraction of sp³-hybridized carbons (Fsp3) is 0.833. The number of aromatic carboxylic acids is 1. The van der Waals surface area contributed by atoms with Gasteiger partial charge in [0.15, 0.2) is 9.84 Å². The number of carbonyl (C=O) groups is 1. The summed E-state index contributed by atoms with van der Waals surface area (Å²) in [6, 6.07) is 5.83. The number of hydrogen-bond donors (Lipinski definition) is 1. The van der Waals surface area contributed by atoms with E-state index in [4.69, 9.17) is 0 Å². The van der Waals surface area contributed by atoms with Crippen molar-refractivity contribution in [1.29, 1.82) is 0 Å². The molecule has 1 rings (SSSR count). The van der Waals surface area contributed by atoms with E-state index in [-0.39, 0.29) is 15.7 Å². The lowest BCUT2D eigenvalue weighted by Gasteiger charge is -2.18. The second kappa shape index (κ2) is 30.7. The predicted molar refractivity (Wildman–Crippen MR) is 203 cm³/mol. The van der Waals surface area contributed by atoms with Crippen LogP contribution in [0.2, 0.25) is 0 Å². The average molecular weight is 677 g/mol. The molecule has 0 spiro atoms. The van der Waals surface area contributed by atoms with Gasteiger partial charge in [0.05, 0.1) is 15.7 Å². The van der Waals surface area contributed by atoms with Gasteiger partial charge in [-0.15, -0.1) is 0 Å². The van der Waals surface area contributed by atoms with Crippen LogP contribution in [0.1, 0.15) is 230 Å². The van der Waals surface area contributed by atoms with Gasteiger partial charge < -0.3 is 5.11 Å². The van der Waals surface area contributed by atoms with Crippen molar-refractivity contribution in [2.45, 2.75) is 229 Å². The minimum Gasteiger partial charge on any atom is -0.478 e. The molecule has 1 N–H and O–H groups in total. The van der Waals surface area contributed by atoms with Crippen LogP contribution in [-0.2, 0) is 9.84 Å². The van der Waals surface area contributed by atoms with Crippen LogP contribution < -0.4 is 0 Å². The van der Waals surface area contributed by atoms with Crippen LogP contribution in [0, 0.1) is 0 Å². The third-order valence-corrected chi connectivity index (χ3v) is 12.4. The second-order valence-corrected chi connectivity index (χ2v) is 16.7. The van der Waals surface area contributed by atoms with Crippen molar-refractivity contribution in [3.63, 3.8) is 0 Å². The topological polar surface area (TPSA) is 71.4 Å². The van der Waals surface area contributed by atoms with Crippen LogP contribution in [0.15, 0.2) is 29.2 Å². The van der Waals surface area contributed by atoms with Gasteiger partial charge in [-0.2, -0.15) is 0 Å². The molecule has 1 aromatic carbocycles. The molecule has 0 bridgehead atoms. The number of carboxylic acids is 1. The quantitative estimate of drug-likeness (QED) is 0.0726. The SMILES string of the molecule is CCCCCCCCCCCCCCCCCC(CCCCCCCCCCCCCCCCC)S(=O)(=O)c1ccc(C(=O)O)cc1. The van der Waals surface area contributed by atoms with Crippen LogP contribution in [-0.4, -0.2) is 24.7 Å². The summed E-state index contributed by atoms with van der Waals surface area (Å²) in [4.78, 5) is 11.6. The van der Waals surface area contributed by atoms with Crippen molar-refractivity contribution in [3.05, 3.63) is 29.8 Å². The molecule has 0 fully saturated rings. The number of sulfone groups is 1. The first-order chi connectivity index (χ1) is 22.9. The maximum Gasteiger partial charge on any atom is 0.335 e. The van der Waals surface area contributed by atoms with E-state index >= 15 is 0 Å². The Morgan fingerprint density at radius 1 is 0.468 bits per heavy atom. The lowest BCUT2D eigenvalue weighted by atomic mass is 10.0. The lowest BCUT2D eigenvalue weighted by Crippen LogP contribution is -2.22. The summed E-state index contributed by atoms with van der Waals surface area (Å²) < 4.78 is 27.2. The van der Waals surface area contributed by atoms with Crippen LogP contribution in [0.5, 0.6) is 0 Å². The molecular formula is C42H76O4S. The Morgan fingerprint density at radius 2 is 0.723 bits per heavy atom. The number of benzene rings is 1. The molecule has 0 aromatic heterocycles. The molecule has 0 saturated heterocycles. The lowest BCUT2D eigenvalue weighted by molar-refractivity contribution is 0.0696. The van der Waals surface area contributed by atoms with E-state index in [2.05, 4.69) is 13.8 Å². The highest BCUT2D eigenvalue weighted by atomic mass is 32.2. The summed E-state index contributed by atoms with van der Waals surface area (Å²) in [5.41, 5.74) is 0.130. The summed E-state index contributed by atoms with van der Waals surface area (Å²) in [6.45, 7) is 4.55. The van der Waals surface area contributed by atoms with Crippen molar-refractivity contribution < 1.29 is 18.3 Å². The highest BCUT2D eigenvalue weighted by molar-refractivity contribution is 7.92. The first kappa shape index (κ1) is 43.7. The summed E-state index contributed by atoms with van der Waals surface area (Å²) in [5, 5.41) is 8.87.